The van der Waals surface area contributed by atoms with Gasteiger partial charge in [0.2, 0.25) is 0 Å². The second-order valence-corrected chi connectivity index (χ2v) is 7.14. The molecule has 3 heterocycles. The summed E-state index contributed by atoms with van der Waals surface area (Å²) in [5.74, 6) is -0.302. The van der Waals surface area contributed by atoms with Gasteiger partial charge in [-0.15, -0.1) is 11.3 Å². The number of H-pyrrole nitrogens is 1. The van der Waals surface area contributed by atoms with E-state index in [-0.39, 0.29) is 11.6 Å². The Hall–Kier alpha value is -2.51. The van der Waals surface area contributed by atoms with Gasteiger partial charge in [0.05, 0.1) is 14.9 Å². The number of likely N-dealkylation sites (N-methyl/N-ethyl adjacent to an activating group) is 1. The molecule has 8 heteroatoms. The van der Waals surface area contributed by atoms with Crippen LogP contribution in [0.15, 0.2) is 47.5 Å². The fourth-order valence-corrected chi connectivity index (χ4v) is 3.32. The first kappa shape index (κ1) is 17.3. The number of hydrogen-bond donors (Lipinski definition) is 1. The van der Waals surface area contributed by atoms with Crippen LogP contribution >= 0.6 is 22.9 Å². The topological polar surface area (TPSA) is 79.0 Å². The molecule has 0 aliphatic carbocycles. The number of carbonyl (C=O) groups is 1. The second kappa shape index (κ2) is 7.58. The SMILES string of the molecule is CN(CCc1ccncc1)C(=O)c1cc(-c2ccc(Cl)s2)[nH]c(=O)n1. The minimum atomic E-state index is -0.562. The number of rotatable bonds is 5. The van der Waals surface area contributed by atoms with E-state index in [0.717, 1.165) is 10.4 Å². The molecule has 0 saturated carbocycles. The maximum Gasteiger partial charge on any atom is 0.346 e. The van der Waals surface area contributed by atoms with Gasteiger partial charge in [-0.2, -0.15) is 4.98 Å². The Balaban J connectivity index is 1.77. The summed E-state index contributed by atoms with van der Waals surface area (Å²) in [4.78, 5) is 37.1. The zero-order valence-corrected chi connectivity index (χ0v) is 15.0. The quantitative estimate of drug-likeness (QED) is 0.744. The standard InChI is InChI=1S/C17H15ClN4O2S/c1-22(9-6-11-4-7-19-8-5-11)16(23)13-10-12(20-17(24)21-13)14-2-3-15(18)25-14/h2-5,7-8,10H,6,9H2,1H3,(H,20,21,24). The lowest BCUT2D eigenvalue weighted by Gasteiger charge is -2.16. The molecule has 0 spiro atoms. The monoisotopic (exact) mass is 374 g/mol. The number of thiophene rings is 1. The molecule has 3 aromatic heterocycles. The third kappa shape index (κ3) is 4.32. The van der Waals surface area contributed by atoms with Crippen LogP contribution in [-0.2, 0) is 6.42 Å². The van der Waals surface area contributed by atoms with Crippen molar-refractivity contribution in [3.05, 3.63) is 68.8 Å². The maximum absolute atomic E-state index is 12.6. The fraction of sp³-hybridized carbons (Fsp3) is 0.176. The number of pyridine rings is 1. The molecule has 3 aromatic rings. The molecule has 25 heavy (non-hydrogen) atoms. The highest BCUT2D eigenvalue weighted by atomic mass is 35.5. The van der Waals surface area contributed by atoms with Crippen molar-refractivity contribution >= 4 is 28.8 Å². The first-order valence-electron chi connectivity index (χ1n) is 7.54. The zero-order chi connectivity index (χ0) is 17.8. The van der Waals surface area contributed by atoms with Crippen molar-refractivity contribution in [1.29, 1.82) is 0 Å². The molecule has 0 atom stereocenters. The Kier molecular flexibility index (Phi) is 5.25. The molecule has 0 aromatic carbocycles. The Morgan fingerprint density at radius 3 is 2.72 bits per heavy atom. The van der Waals surface area contributed by atoms with Gasteiger partial charge in [0.25, 0.3) is 5.91 Å². The molecule has 3 rings (SSSR count). The Bertz CT molecular complexity index is 939. The largest absolute Gasteiger partial charge is 0.346 e. The number of hydrogen-bond acceptors (Lipinski definition) is 5. The van der Waals surface area contributed by atoms with E-state index in [2.05, 4.69) is 15.0 Å². The molecule has 128 valence electrons. The summed E-state index contributed by atoms with van der Waals surface area (Å²) in [5, 5.41) is 0. The van der Waals surface area contributed by atoms with Crippen molar-refractivity contribution in [3.8, 4) is 10.6 Å². The number of aromatic amines is 1. The van der Waals surface area contributed by atoms with Crippen molar-refractivity contribution in [2.45, 2.75) is 6.42 Å². The highest BCUT2D eigenvalue weighted by Gasteiger charge is 2.16. The lowest BCUT2D eigenvalue weighted by atomic mass is 10.2. The highest BCUT2D eigenvalue weighted by Crippen LogP contribution is 2.29. The van der Waals surface area contributed by atoms with Gasteiger partial charge in [-0.1, -0.05) is 11.6 Å². The van der Waals surface area contributed by atoms with Crippen LogP contribution in [0.2, 0.25) is 4.34 Å². The van der Waals surface area contributed by atoms with E-state index in [4.69, 9.17) is 11.6 Å². The number of amides is 1. The van der Waals surface area contributed by atoms with E-state index in [1.54, 1.807) is 42.5 Å². The summed E-state index contributed by atoms with van der Waals surface area (Å²) in [6.07, 6.45) is 4.13. The van der Waals surface area contributed by atoms with Crippen molar-refractivity contribution < 1.29 is 4.79 Å². The number of nitrogens with zero attached hydrogens (tertiary/aromatic N) is 3. The number of halogens is 1. The van der Waals surface area contributed by atoms with E-state index >= 15 is 0 Å². The first-order chi connectivity index (χ1) is 12.0. The molecule has 0 fully saturated rings. The molecule has 0 bridgehead atoms. The maximum atomic E-state index is 12.6. The molecule has 0 aliphatic rings. The van der Waals surface area contributed by atoms with E-state index in [9.17, 15) is 9.59 Å². The summed E-state index contributed by atoms with van der Waals surface area (Å²) in [5.41, 5.74) is 1.17. The van der Waals surface area contributed by atoms with Gasteiger partial charge in [-0.05, 0) is 42.3 Å². The summed E-state index contributed by atoms with van der Waals surface area (Å²) in [6.45, 7) is 0.511. The molecule has 0 radical (unpaired) electrons. The van der Waals surface area contributed by atoms with Crippen LogP contribution in [0.25, 0.3) is 10.6 Å². The van der Waals surface area contributed by atoms with E-state index in [1.165, 1.54) is 11.3 Å². The minimum absolute atomic E-state index is 0.112. The summed E-state index contributed by atoms with van der Waals surface area (Å²) >= 11 is 7.26. The minimum Gasteiger partial charge on any atom is -0.340 e. The van der Waals surface area contributed by atoms with Gasteiger partial charge in [0, 0.05) is 26.0 Å². The molecule has 1 N–H and O–H groups in total. The van der Waals surface area contributed by atoms with Crippen molar-refractivity contribution in [1.82, 2.24) is 19.9 Å². The highest BCUT2D eigenvalue weighted by molar-refractivity contribution is 7.19. The lowest BCUT2D eigenvalue weighted by Crippen LogP contribution is -2.31. The smallest absolute Gasteiger partial charge is 0.340 e. The van der Waals surface area contributed by atoms with Gasteiger partial charge < -0.3 is 9.88 Å². The molecule has 0 aliphatic heterocycles. The van der Waals surface area contributed by atoms with Crippen LogP contribution in [0, 0.1) is 0 Å². The summed E-state index contributed by atoms with van der Waals surface area (Å²) in [7, 11) is 1.69. The molecule has 1 amide bonds. The number of aromatic nitrogens is 3. The van der Waals surface area contributed by atoms with Crippen LogP contribution in [0.5, 0.6) is 0 Å². The van der Waals surface area contributed by atoms with Crippen LogP contribution in [0.3, 0.4) is 0 Å². The predicted octanol–water partition coefficient (Wildman–Crippen LogP) is 2.86. The molecule has 0 saturated heterocycles. The van der Waals surface area contributed by atoms with Crippen LogP contribution in [-0.4, -0.2) is 39.4 Å². The fourth-order valence-electron chi connectivity index (χ4n) is 2.30. The Morgan fingerprint density at radius 2 is 2.04 bits per heavy atom. The van der Waals surface area contributed by atoms with Crippen LogP contribution in [0.4, 0.5) is 0 Å². The van der Waals surface area contributed by atoms with Crippen molar-refractivity contribution in [2.75, 3.05) is 13.6 Å². The Labute approximate surface area is 153 Å². The molecular formula is C17H15ClN4O2S. The Morgan fingerprint density at radius 1 is 1.28 bits per heavy atom. The van der Waals surface area contributed by atoms with Gasteiger partial charge in [0.1, 0.15) is 5.69 Å². The second-order valence-electron chi connectivity index (χ2n) is 5.42. The third-order valence-corrected chi connectivity index (χ3v) is 4.90. The van der Waals surface area contributed by atoms with Gasteiger partial charge in [-0.25, -0.2) is 4.79 Å². The van der Waals surface area contributed by atoms with Crippen molar-refractivity contribution in [2.24, 2.45) is 0 Å². The number of carbonyl (C=O) groups excluding carboxylic acids is 1. The predicted molar refractivity (Wildman–Crippen MR) is 98.1 cm³/mol. The van der Waals surface area contributed by atoms with Gasteiger partial charge in [0.15, 0.2) is 0 Å². The summed E-state index contributed by atoms with van der Waals surface area (Å²) < 4.78 is 0.606. The first-order valence-corrected chi connectivity index (χ1v) is 8.74. The number of nitrogens with one attached hydrogen (secondary N) is 1. The normalized spacial score (nSPS) is 10.6. The van der Waals surface area contributed by atoms with Crippen LogP contribution in [0.1, 0.15) is 16.1 Å². The molecule has 6 nitrogen and oxygen atoms in total. The molecule has 0 unspecified atom stereocenters. The third-order valence-electron chi connectivity index (χ3n) is 3.63. The average Bonchev–Trinajstić information content (AvgIpc) is 3.06. The summed E-state index contributed by atoms with van der Waals surface area (Å²) in [6, 6.07) is 8.92. The van der Waals surface area contributed by atoms with E-state index in [1.807, 2.05) is 12.1 Å². The van der Waals surface area contributed by atoms with Crippen molar-refractivity contribution in [3.63, 3.8) is 0 Å². The van der Waals surface area contributed by atoms with Gasteiger partial charge in [-0.3, -0.25) is 9.78 Å². The average molecular weight is 375 g/mol. The van der Waals surface area contributed by atoms with Crippen LogP contribution < -0.4 is 5.69 Å². The van der Waals surface area contributed by atoms with E-state index in [0.29, 0.717) is 23.0 Å². The lowest BCUT2D eigenvalue weighted by molar-refractivity contribution is 0.0790. The zero-order valence-electron chi connectivity index (χ0n) is 13.4. The van der Waals surface area contributed by atoms with Gasteiger partial charge >= 0.3 is 5.69 Å². The van der Waals surface area contributed by atoms with E-state index < -0.39 is 5.69 Å². The molecular weight excluding hydrogens is 360 g/mol.